The van der Waals surface area contributed by atoms with Gasteiger partial charge in [-0.3, -0.25) is 0 Å². The van der Waals surface area contributed by atoms with Crippen LogP contribution >= 0.6 is 0 Å². The van der Waals surface area contributed by atoms with Crippen molar-refractivity contribution >= 4 is 0 Å². The Morgan fingerprint density at radius 2 is 2.15 bits per heavy atom. The van der Waals surface area contributed by atoms with Crippen LogP contribution in [0.4, 0.5) is 0 Å². The molecule has 1 aromatic carbocycles. The summed E-state index contributed by atoms with van der Waals surface area (Å²) in [5.74, 6) is 0.988. The van der Waals surface area contributed by atoms with E-state index in [0.717, 1.165) is 38.0 Å². The number of rotatable bonds is 7. The highest BCUT2D eigenvalue weighted by atomic mass is 16.5. The molecule has 2 heteroatoms. The van der Waals surface area contributed by atoms with Gasteiger partial charge in [0.2, 0.25) is 0 Å². The quantitative estimate of drug-likeness (QED) is 0.690. The van der Waals surface area contributed by atoms with Crippen molar-refractivity contribution in [3.05, 3.63) is 60.4 Å². The predicted molar refractivity (Wildman–Crippen MR) is 82.6 cm³/mol. The van der Waals surface area contributed by atoms with E-state index in [-0.39, 0.29) is 5.60 Å². The van der Waals surface area contributed by atoms with Gasteiger partial charge in [0.05, 0.1) is 13.2 Å². The lowest BCUT2D eigenvalue weighted by atomic mass is 9.93. The van der Waals surface area contributed by atoms with Gasteiger partial charge < -0.3 is 9.47 Å². The smallest absolute Gasteiger partial charge is 0.124 e. The fourth-order valence-electron chi connectivity index (χ4n) is 2.46. The van der Waals surface area contributed by atoms with Crippen LogP contribution in [0.2, 0.25) is 0 Å². The van der Waals surface area contributed by atoms with Crippen LogP contribution in [0.3, 0.4) is 0 Å². The van der Waals surface area contributed by atoms with Crippen molar-refractivity contribution in [2.45, 2.75) is 38.2 Å². The average Bonchev–Trinajstić information content (AvgIpc) is 2.53. The minimum Gasteiger partial charge on any atom is -0.495 e. The second kappa shape index (κ2) is 7.30. The molecule has 0 bridgehead atoms. The summed E-state index contributed by atoms with van der Waals surface area (Å²) in [5, 5.41) is 0. The molecule has 108 valence electrons. The molecule has 0 amide bonds. The lowest BCUT2D eigenvalue weighted by molar-refractivity contribution is -0.0406. The van der Waals surface area contributed by atoms with Crippen molar-refractivity contribution in [1.29, 1.82) is 0 Å². The zero-order valence-electron chi connectivity index (χ0n) is 12.3. The fraction of sp³-hybridized carbons (Fsp3) is 0.444. The van der Waals surface area contributed by atoms with Crippen LogP contribution in [0.25, 0.3) is 0 Å². The molecule has 2 rings (SSSR count). The van der Waals surface area contributed by atoms with Crippen LogP contribution in [0.15, 0.2) is 54.8 Å². The number of benzene rings is 1. The molecule has 1 aliphatic heterocycles. The molecule has 0 N–H and O–H groups in total. The van der Waals surface area contributed by atoms with Gasteiger partial charge in [0, 0.05) is 0 Å². The molecule has 0 spiro atoms. The van der Waals surface area contributed by atoms with Gasteiger partial charge >= 0.3 is 0 Å². The zero-order chi connectivity index (χ0) is 14.3. The van der Waals surface area contributed by atoms with Gasteiger partial charge in [0.1, 0.15) is 11.4 Å². The van der Waals surface area contributed by atoms with E-state index in [9.17, 15) is 0 Å². The normalized spacial score (nSPS) is 17.8. The summed E-state index contributed by atoms with van der Waals surface area (Å²) >= 11 is 0. The van der Waals surface area contributed by atoms with E-state index < -0.39 is 0 Å². The first-order valence-corrected chi connectivity index (χ1v) is 7.37. The second-order valence-corrected chi connectivity index (χ2v) is 5.38. The van der Waals surface area contributed by atoms with Gasteiger partial charge in [0.25, 0.3) is 0 Å². The van der Waals surface area contributed by atoms with Crippen LogP contribution in [-0.4, -0.2) is 18.8 Å². The van der Waals surface area contributed by atoms with E-state index in [1.54, 1.807) is 6.08 Å². The Kier molecular flexibility index (Phi) is 5.42. The summed E-state index contributed by atoms with van der Waals surface area (Å²) in [6.07, 6.45) is 8.04. The molecule has 0 radical (unpaired) electrons. The Labute approximate surface area is 122 Å². The van der Waals surface area contributed by atoms with Gasteiger partial charge in [-0.15, -0.1) is 6.58 Å². The second-order valence-electron chi connectivity index (χ2n) is 5.38. The maximum Gasteiger partial charge on any atom is 0.124 e. The van der Waals surface area contributed by atoms with Crippen LogP contribution in [0.5, 0.6) is 0 Å². The molecule has 1 aliphatic rings. The third-order valence-corrected chi connectivity index (χ3v) is 3.71. The van der Waals surface area contributed by atoms with Gasteiger partial charge in [-0.2, -0.15) is 0 Å². The van der Waals surface area contributed by atoms with Gasteiger partial charge in [-0.1, -0.05) is 36.4 Å². The summed E-state index contributed by atoms with van der Waals surface area (Å²) in [7, 11) is 0. The molecule has 1 unspecified atom stereocenters. The summed E-state index contributed by atoms with van der Waals surface area (Å²) in [4.78, 5) is 0. The molecule has 2 nitrogen and oxygen atoms in total. The van der Waals surface area contributed by atoms with Crippen molar-refractivity contribution < 1.29 is 9.47 Å². The van der Waals surface area contributed by atoms with Crippen LogP contribution < -0.4 is 0 Å². The van der Waals surface area contributed by atoms with Crippen molar-refractivity contribution in [3.63, 3.8) is 0 Å². The Bertz CT molecular complexity index is 450. The lowest BCUT2D eigenvalue weighted by Crippen LogP contribution is -2.34. The lowest BCUT2D eigenvalue weighted by Gasteiger charge is -2.33. The Morgan fingerprint density at radius 3 is 2.80 bits per heavy atom. The van der Waals surface area contributed by atoms with E-state index in [1.807, 2.05) is 6.07 Å². The van der Waals surface area contributed by atoms with Crippen LogP contribution in [0, 0.1) is 0 Å². The van der Waals surface area contributed by atoms with Crippen LogP contribution in [0.1, 0.15) is 31.7 Å². The molecule has 1 atom stereocenters. The number of allylic oxidation sites excluding steroid dienone is 1. The van der Waals surface area contributed by atoms with E-state index >= 15 is 0 Å². The van der Waals surface area contributed by atoms with Crippen molar-refractivity contribution in [1.82, 2.24) is 0 Å². The average molecular weight is 272 g/mol. The molecular weight excluding hydrogens is 248 g/mol. The zero-order valence-corrected chi connectivity index (χ0v) is 12.3. The highest BCUT2D eigenvalue weighted by Crippen LogP contribution is 2.31. The van der Waals surface area contributed by atoms with Crippen molar-refractivity contribution in [2.75, 3.05) is 13.2 Å². The fourth-order valence-corrected chi connectivity index (χ4v) is 2.46. The number of ether oxygens (including phenoxy) is 2. The van der Waals surface area contributed by atoms with Crippen LogP contribution in [-0.2, 0) is 15.9 Å². The highest BCUT2D eigenvalue weighted by molar-refractivity contribution is 5.18. The summed E-state index contributed by atoms with van der Waals surface area (Å²) in [6.45, 7) is 7.21. The standard InChI is InChI=1S/C18H24O2/c1-3-14-20-18(2,17-11-7-8-15-19-17)13-12-16-9-5-4-6-10-16/h3-6,9-11H,1,7-8,12-15H2,2H3. The molecule has 0 saturated carbocycles. The Hall–Kier alpha value is -1.54. The van der Waals surface area contributed by atoms with E-state index in [4.69, 9.17) is 9.47 Å². The predicted octanol–water partition coefficient (Wildman–Crippen LogP) is 4.27. The monoisotopic (exact) mass is 272 g/mol. The molecule has 0 saturated heterocycles. The number of aryl methyl sites for hydroxylation is 1. The summed E-state index contributed by atoms with van der Waals surface area (Å²) < 4.78 is 11.9. The molecule has 1 heterocycles. The van der Waals surface area contributed by atoms with Crippen molar-refractivity contribution in [3.8, 4) is 0 Å². The maximum absolute atomic E-state index is 6.03. The maximum atomic E-state index is 6.03. The molecule has 20 heavy (non-hydrogen) atoms. The summed E-state index contributed by atoms with van der Waals surface area (Å²) in [5.41, 5.74) is 0.974. The molecule has 0 aromatic heterocycles. The Balaban J connectivity index is 2.05. The van der Waals surface area contributed by atoms with Crippen molar-refractivity contribution in [2.24, 2.45) is 0 Å². The molecular formula is C18H24O2. The third kappa shape index (κ3) is 3.97. The largest absolute Gasteiger partial charge is 0.495 e. The van der Waals surface area contributed by atoms with Gasteiger partial charge in [-0.25, -0.2) is 0 Å². The molecule has 0 fully saturated rings. The summed E-state index contributed by atoms with van der Waals surface area (Å²) in [6, 6.07) is 10.5. The third-order valence-electron chi connectivity index (χ3n) is 3.71. The molecule has 1 aromatic rings. The first-order chi connectivity index (χ1) is 9.74. The van der Waals surface area contributed by atoms with Gasteiger partial charge in [0.15, 0.2) is 0 Å². The van der Waals surface area contributed by atoms with Gasteiger partial charge in [-0.05, 0) is 44.2 Å². The van der Waals surface area contributed by atoms with E-state index in [2.05, 4.69) is 43.8 Å². The Morgan fingerprint density at radius 1 is 1.35 bits per heavy atom. The first kappa shape index (κ1) is 14.9. The van der Waals surface area contributed by atoms with E-state index in [0.29, 0.717) is 6.61 Å². The topological polar surface area (TPSA) is 18.5 Å². The number of hydrogen-bond donors (Lipinski definition) is 0. The number of hydrogen-bond acceptors (Lipinski definition) is 2. The highest BCUT2D eigenvalue weighted by Gasteiger charge is 2.32. The SMILES string of the molecule is C=CCOC(C)(CCc1ccccc1)C1=CCCCO1. The minimum atomic E-state index is -0.357. The minimum absolute atomic E-state index is 0.357. The molecule has 0 aliphatic carbocycles. The first-order valence-electron chi connectivity index (χ1n) is 7.37. The van der Waals surface area contributed by atoms with E-state index in [1.165, 1.54) is 5.56 Å².